The van der Waals surface area contributed by atoms with E-state index in [0.717, 1.165) is 17.8 Å². The molecule has 0 atom stereocenters. The van der Waals surface area contributed by atoms with Crippen molar-refractivity contribution in [2.24, 2.45) is 0 Å². The van der Waals surface area contributed by atoms with Gasteiger partial charge in [0.1, 0.15) is 0 Å². The second kappa shape index (κ2) is 6.59. The molecule has 0 saturated heterocycles. The van der Waals surface area contributed by atoms with Crippen LogP contribution >= 0.6 is 11.3 Å². The number of hydrogen-bond donors (Lipinski definition) is 1. The second-order valence-corrected chi connectivity index (χ2v) is 6.07. The maximum atomic E-state index is 3.45. The Morgan fingerprint density at radius 3 is 2.10 bits per heavy atom. The highest BCUT2D eigenvalue weighted by Gasteiger charge is 1.99. The lowest BCUT2D eigenvalue weighted by atomic mass is 10.1. The van der Waals surface area contributed by atoms with Gasteiger partial charge < -0.3 is 5.32 Å². The van der Waals surface area contributed by atoms with E-state index >= 15 is 0 Å². The van der Waals surface area contributed by atoms with E-state index in [9.17, 15) is 0 Å². The summed E-state index contributed by atoms with van der Waals surface area (Å²) in [5.41, 5.74) is 4.93. The van der Waals surface area contributed by atoms with Crippen LogP contribution in [0.3, 0.4) is 0 Å². The van der Waals surface area contributed by atoms with Gasteiger partial charge in [0.2, 0.25) is 0 Å². The molecular weight excluding hydrogens is 274 g/mol. The van der Waals surface area contributed by atoms with Crippen LogP contribution in [-0.2, 0) is 6.42 Å². The normalized spacial score (nSPS) is 10.5. The number of benzene rings is 2. The molecule has 0 aliphatic rings. The molecule has 1 heterocycles. The van der Waals surface area contributed by atoms with E-state index in [1.54, 1.807) is 11.3 Å². The van der Waals surface area contributed by atoms with Crippen molar-refractivity contribution in [3.63, 3.8) is 0 Å². The van der Waals surface area contributed by atoms with Crippen molar-refractivity contribution >= 4 is 22.7 Å². The fourth-order valence-corrected chi connectivity index (χ4v) is 3.10. The lowest BCUT2D eigenvalue weighted by Crippen LogP contribution is -1.91. The first-order valence-electron chi connectivity index (χ1n) is 7.35. The fourth-order valence-electron chi connectivity index (χ4n) is 2.37. The van der Waals surface area contributed by atoms with Crippen molar-refractivity contribution < 1.29 is 0 Å². The molecule has 21 heavy (non-hydrogen) atoms. The zero-order valence-electron chi connectivity index (χ0n) is 12.2. The van der Waals surface area contributed by atoms with E-state index in [-0.39, 0.29) is 0 Å². The molecule has 106 valence electrons. The smallest absolute Gasteiger partial charge is 0.0384 e. The highest BCUT2D eigenvalue weighted by molar-refractivity contribution is 7.13. The fraction of sp³-hybridized carbons (Fsp3) is 0.158. The molecule has 0 aliphatic heterocycles. The third-order valence-electron chi connectivity index (χ3n) is 3.47. The van der Waals surface area contributed by atoms with Gasteiger partial charge in [-0.3, -0.25) is 0 Å². The molecule has 1 N–H and O–H groups in total. The number of rotatable bonds is 5. The van der Waals surface area contributed by atoms with E-state index in [2.05, 4.69) is 78.3 Å². The first kappa shape index (κ1) is 13.9. The summed E-state index contributed by atoms with van der Waals surface area (Å²) in [7, 11) is 0. The van der Waals surface area contributed by atoms with Crippen LogP contribution in [0.1, 0.15) is 18.9 Å². The number of thiophene rings is 1. The Morgan fingerprint density at radius 2 is 1.52 bits per heavy atom. The van der Waals surface area contributed by atoms with E-state index in [1.807, 2.05) is 0 Å². The Balaban J connectivity index is 1.70. The molecule has 3 rings (SSSR count). The third-order valence-corrected chi connectivity index (χ3v) is 4.39. The van der Waals surface area contributed by atoms with Crippen LogP contribution in [0.25, 0.3) is 10.4 Å². The molecule has 0 spiro atoms. The molecule has 1 aromatic heterocycles. The van der Waals surface area contributed by atoms with E-state index in [0.29, 0.717) is 0 Å². The number of hydrogen-bond acceptors (Lipinski definition) is 2. The molecule has 0 aliphatic carbocycles. The summed E-state index contributed by atoms with van der Waals surface area (Å²) in [6.45, 7) is 2.21. The number of aryl methyl sites for hydroxylation is 1. The summed E-state index contributed by atoms with van der Waals surface area (Å²) < 4.78 is 0. The van der Waals surface area contributed by atoms with Crippen molar-refractivity contribution in [3.8, 4) is 10.4 Å². The summed E-state index contributed by atoms with van der Waals surface area (Å²) in [5, 5.41) is 5.56. The minimum absolute atomic E-state index is 1.12. The van der Waals surface area contributed by atoms with Gasteiger partial charge >= 0.3 is 0 Å². The van der Waals surface area contributed by atoms with Crippen LogP contribution in [0.15, 0.2) is 66.0 Å². The Bertz CT molecular complexity index is 667. The predicted molar refractivity (Wildman–Crippen MR) is 93.5 cm³/mol. The van der Waals surface area contributed by atoms with Crippen molar-refractivity contribution in [3.05, 3.63) is 71.6 Å². The summed E-state index contributed by atoms with van der Waals surface area (Å²) >= 11 is 1.77. The van der Waals surface area contributed by atoms with Gasteiger partial charge in [-0.05, 0) is 53.3 Å². The minimum Gasteiger partial charge on any atom is -0.356 e. The van der Waals surface area contributed by atoms with Gasteiger partial charge in [-0.15, -0.1) is 11.3 Å². The summed E-state index contributed by atoms with van der Waals surface area (Å²) in [4.78, 5) is 1.31. The Morgan fingerprint density at radius 1 is 0.857 bits per heavy atom. The molecule has 0 bridgehead atoms. The Hall–Kier alpha value is -2.06. The molecule has 2 heteroatoms. The van der Waals surface area contributed by atoms with Gasteiger partial charge in [0.05, 0.1) is 0 Å². The minimum atomic E-state index is 1.12. The maximum absolute atomic E-state index is 3.45. The number of nitrogens with one attached hydrogen (secondary N) is 1. The van der Waals surface area contributed by atoms with Gasteiger partial charge in [0.15, 0.2) is 0 Å². The summed E-state index contributed by atoms with van der Waals surface area (Å²) in [6, 6.07) is 21.5. The van der Waals surface area contributed by atoms with Crippen LogP contribution in [0.5, 0.6) is 0 Å². The molecule has 0 unspecified atom stereocenters. The summed E-state index contributed by atoms with van der Waals surface area (Å²) in [6.07, 6.45) is 2.34. The van der Waals surface area contributed by atoms with Crippen LogP contribution in [-0.4, -0.2) is 0 Å². The molecule has 0 fully saturated rings. The van der Waals surface area contributed by atoms with Crippen molar-refractivity contribution in [2.75, 3.05) is 5.32 Å². The Labute approximate surface area is 130 Å². The predicted octanol–water partition coefficient (Wildman–Crippen LogP) is 6.11. The average molecular weight is 293 g/mol. The zero-order valence-corrected chi connectivity index (χ0v) is 13.0. The van der Waals surface area contributed by atoms with Crippen molar-refractivity contribution in [1.82, 2.24) is 0 Å². The first-order chi connectivity index (χ1) is 10.3. The van der Waals surface area contributed by atoms with Gasteiger partial charge in [-0.1, -0.05) is 43.7 Å². The molecular formula is C19H19NS. The van der Waals surface area contributed by atoms with E-state index in [1.165, 1.54) is 22.4 Å². The van der Waals surface area contributed by atoms with Gasteiger partial charge in [0, 0.05) is 16.3 Å². The molecule has 0 amide bonds. The van der Waals surface area contributed by atoms with Crippen LogP contribution < -0.4 is 5.32 Å². The first-order valence-corrected chi connectivity index (χ1v) is 8.23. The zero-order chi connectivity index (χ0) is 14.5. The third kappa shape index (κ3) is 3.53. The van der Waals surface area contributed by atoms with Crippen molar-refractivity contribution in [1.29, 1.82) is 0 Å². The molecule has 2 aromatic carbocycles. The monoisotopic (exact) mass is 293 g/mol. The average Bonchev–Trinajstić information content (AvgIpc) is 3.05. The number of anilines is 2. The largest absolute Gasteiger partial charge is 0.356 e. The molecule has 1 nitrogen and oxygen atoms in total. The highest BCUT2D eigenvalue weighted by atomic mass is 32.1. The van der Waals surface area contributed by atoms with E-state index < -0.39 is 0 Å². The van der Waals surface area contributed by atoms with Crippen LogP contribution in [0, 0.1) is 0 Å². The Kier molecular flexibility index (Phi) is 4.37. The SMILES string of the molecule is CCCc1ccc(Nc2ccc(-c3cccs3)cc2)cc1. The molecule has 0 radical (unpaired) electrons. The van der Waals surface area contributed by atoms with Gasteiger partial charge in [-0.2, -0.15) is 0 Å². The standard InChI is InChI=1S/C19H19NS/c1-2-4-15-6-10-17(11-7-15)20-18-12-8-16(9-13-18)19-5-3-14-21-19/h3,5-14,20H,2,4H2,1H3. The van der Waals surface area contributed by atoms with Gasteiger partial charge in [0.25, 0.3) is 0 Å². The topological polar surface area (TPSA) is 12.0 Å². The lowest BCUT2D eigenvalue weighted by Gasteiger charge is -2.08. The molecule has 3 aromatic rings. The van der Waals surface area contributed by atoms with E-state index in [4.69, 9.17) is 0 Å². The van der Waals surface area contributed by atoms with Crippen LogP contribution in [0.4, 0.5) is 11.4 Å². The highest BCUT2D eigenvalue weighted by Crippen LogP contribution is 2.26. The quantitative estimate of drug-likeness (QED) is 0.598. The summed E-state index contributed by atoms with van der Waals surface area (Å²) in [5.74, 6) is 0. The maximum Gasteiger partial charge on any atom is 0.0384 e. The second-order valence-electron chi connectivity index (χ2n) is 5.13. The van der Waals surface area contributed by atoms with Crippen molar-refractivity contribution in [2.45, 2.75) is 19.8 Å². The lowest BCUT2D eigenvalue weighted by molar-refractivity contribution is 0.922. The van der Waals surface area contributed by atoms with Crippen LogP contribution in [0.2, 0.25) is 0 Å². The van der Waals surface area contributed by atoms with Gasteiger partial charge in [-0.25, -0.2) is 0 Å². The molecule has 0 saturated carbocycles.